The zero-order chi connectivity index (χ0) is 103. The van der Waals surface area contributed by atoms with Gasteiger partial charge in [0.1, 0.15) is 158 Å². The number of allylic oxidation sites excluding steroid dienone is 2. The van der Waals surface area contributed by atoms with E-state index < -0.39 is 353 Å². The van der Waals surface area contributed by atoms with Gasteiger partial charge in [0, 0.05) is 19.3 Å². The normalized spacial score (nSPS) is 48.2. The van der Waals surface area contributed by atoms with Gasteiger partial charge in [0.15, 0.2) is 50.1 Å². The van der Waals surface area contributed by atoms with Crippen molar-refractivity contribution in [1.82, 2.24) is 5.32 Å². The number of aliphatic hydroxyl groups is 22. The second-order valence-electron chi connectivity index (χ2n) is 43.3. The number of hydrogen-bond donors (Lipinski definition) is 23. The van der Waals surface area contributed by atoms with Crippen LogP contribution in [0.3, 0.4) is 0 Å². The smallest absolute Gasteiger partial charge is 0.373 e. The Hall–Kier alpha value is -4.08. The highest BCUT2D eigenvalue weighted by Gasteiger charge is 2.74. The molecule has 0 aromatic rings. The first-order valence-electron chi connectivity index (χ1n) is 49.6. The van der Waals surface area contributed by atoms with E-state index in [1.165, 1.54) is 13.8 Å². The van der Waals surface area contributed by atoms with Gasteiger partial charge in [-0.05, 0) is 142 Å². The van der Waals surface area contributed by atoms with Crippen LogP contribution in [0, 0.1) is 68.0 Å². The van der Waals surface area contributed by atoms with E-state index in [1.807, 2.05) is 41.5 Å². The maximum atomic E-state index is 16.8. The first-order chi connectivity index (χ1) is 65.9. The van der Waals surface area contributed by atoms with Crippen molar-refractivity contribution in [2.45, 2.75) is 451 Å². The molecule has 4 saturated carbocycles. The third kappa shape index (κ3) is 23.0. The molecule has 0 bridgehead atoms. The number of fused-ring (bicyclic) bond motifs is 7. The van der Waals surface area contributed by atoms with Gasteiger partial charge in [-0.1, -0.05) is 101 Å². The first kappa shape index (κ1) is 115. The lowest BCUT2D eigenvalue weighted by atomic mass is 9.33. The van der Waals surface area contributed by atoms with Crippen LogP contribution in [0.1, 0.15) is 199 Å². The molecule has 8 saturated heterocycles. The molecule has 8 heterocycles. The highest BCUT2D eigenvalue weighted by atomic mass is 16.8. The van der Waals surface area contributed by atoms with Crippen molar-refractivity contribution in [3.8, 4) is 0 Å². The van der Waals surface area contributed by atoms with Crippen LogP contribution in [0.15, 0.2) is 11.6 Å². The first-order valence-corrected chi connectivity index (χ1v) is 49.6. The van der Waals surface area contributed by atoms with Crippen LogP contribution >= 0.6 is 0 Å². The number of carbonyl (C=O) groups is 4. The van der Waals surface area contributed by atoms with Gasteiger partial charge in [0.05, 0.1) is 99.7 Å². The van der Waals surface area contributed by atoms with E-state index in [0.29, 0.717) is 51.4 Å². The minimum Gasteiger partial charge on any atom is -0.432 e. The zero-order valence-corrected chi connectivity index (χ0v) is 81.7. The van der Waals surface area contributed by atoms with Gasteiger partial charge in [-0.3, -0.25) is 14.4 Å². The third-order valence-electron chi connectivity index (χ3n) is 34.1. The minimum absolute atomic E-state index is 0.0167. The molecule has 804 valence electrons. The van der Waals surface area contributed by atoms with E-state index in [0.717, 1.165) is 11.9 Å². The van der Waals surface area contributed by atoms with Gasteiger partial charge in [-0.25, -0.2) is 0 Å². The summed E-state index contributed by atoms with van der Waals surface area (Å²) >= 11 is 0. The van der Waals surface area contributed by atoms with Crippen LogP contribution in [-0.2, 0) is 105 Å². The summed E-state index contributed by atoms with van der Waals surface area (Å²) in [6.07, 6.45) is -61.2. The molecule has 140 heavy (non-hydrogen) atoms. The van der Waals surface area contributed by atoms with Crippen molar-refractivity contribution in [3.05, 3.63) is 11.6 Å². The fraction of sp³-hybridized carbons (Fsp3) is 0.926. The van der Waals surface area contributed by atoms with Crippen LogP contribution in [0.4, 0.5) is 0 Å². The number of amides is 1. The summed E-state index contributed by atoms with van der Waals surface area (Å²) in [5.41, 5.74) is -5.35. The Balaban J connectivity index is 0.00000577. The van der Waals surface area contributed by atoms with E-state index in [4.69, 9.17) is 85.4 Å². The van der Waals surface area contributed by atoms with Gasteiger partial charge in [-0.2, -0.15) is 9.59 Å². The molecule has 12 fully saturated rings. The molecule has 8 aliphatic heterocycles. The predicted octanol–water partition coefficient (Wildman–Crippen LogP) is -4.71. The molecule has 0 spiro atoms. The molecule has 52 atom stereocenters. The monoisotopic (exact) mass is 2010 g/mol. The van der Waals surface area contributed by atoms with Gasteiger partial charge in [0.2, 0.25) is 12.2 Å². The van der Waals surface area contributed by atoms with E-state index in [2.05, 4.69) is 32.2 Å². The Morgan fingerprint density at radius 3 is 1.59 bits per heavy atom. The number of nitrogens with one attached hydrogen (secondary N) is 1. The van der Waals surface area contributed by atoms with Crippen LogP contribution in [0.25, 0.3) is 0 Å². The van der Waals surface area contributed by atoms with Crippen LogP contribution in [0.5, 0.6) is 0 Å². The Labute approximate surface area is 812 Å². The Bertz CT molecular complexity index is 4100. The Morgan fingerprint density at radius 2 is 1.01 bits per heavy atom. The fourth-order valence-electron chi connectivity index (χ4n) is 24.9. The topological polar surface area (TPSA) is 707 Å². The Kier molecular flexibility index (Phi) is 38.5. The van der Waals surface area contributed by atoms with Gasteiger partial charge >= 0.3 is 12.1 Å². The molecule has 0 radical (unpaired) electrons. The van der Waals surface area contributed by atoms with E-state index in [-0.39, 0.29) is 81.1 Å². The number of ether oxygens (including phenoxy) is 16. The van der Waals surface area contributed by atoms with E-state index in [9.17, 15) is 122 Å². The third-order valence-corrected chi connectivity index (χ3v) is 34.1. The van der Waals surface area contributed by atoms with Crippen molar-refractivity contribution >= 4 is 30.1 Å². The summed E-state index contributed by atoms with van der Waals surface area (Å²) in [4.78, 5) is 76.6. The molecule has 0 aromatic heterocycles. The molecule has 1 amide bonds. The quantitative estimate of drug-likeness (QED) is 0.0123. The molecule has 23 N–H and O–H groups in total. The van der Waals surface area contributed by atoms with Crippen molar-refractivity contribution in [2.24, 2.45) is 68.0 Å². The molecule has 45 nitrogen and oxygen atoms in total. The zero-order valence-electron chi connectivity index (χ0n) is 81.7. The summed E-state index contributed by atoms with van der Waals surface area (Å²) in [6, 6.07) is -1.80. The molecule has 13 rings (SSSR count). The SMILES string of the molecule is CC[C@@H](C)[C@@H](CC(=O)C[C@@H](O)C[C@H](O[C@@H]1O[C@@H](CC)[C@@H](O)C1O)[C@H](C)CC)C[C@H](O)CC(=O)N[C@H]1C(CO)O[C@@H](OC(=O)[C@]23CCC(C)(C)CC2C2=CCC4C5(C)CC[C@H](O[C@@H]6OC[C@@H](O)[C@H](O[C@@H]7OC[C@@H](O)[C@H](O)C7O)C6O[C@@H]6OC(CO)[C@H](O)[C@H](O)C6O)[C@](C)(C=O)[C@@H]5CC[C@]4(C)[C@]2(C)CC3O)[C@H](O[C@@H]2OC(C)[C@H](O[C@@H]3OC[C@@H](O)C(O)[C@H]3O)C(O)[C@@H]2O)C1O[C@@H]1OC(C)[C@H](O)[C@H](O)C1O.O=C=O. The summed E-state index contributed by atoms with van der Waals surface area (Å²) in [7, 11) is 0. The van der Waals surface area contributed by atoms with Crippen LogP contribution in [0.2, 0.25) is 0 Å². The predicted molar refractivity (Wildman–Crippen MR) is 471 cm³/mol. The highest BCUT2D eigenvalue weighted by Crippen LogP contribution is 2.76. The largest absolute Gasteiger partial charge is 0.432 e. The second kappa shape index (κ2) is 47.0. The van der Waals surface area contributed by atoms with Crippen molar-refractivity contribution < 1.29 is 217 Å². The van der Waals surface area contributed by atoms with Gasteiger partial charge in [0.25, 0.3) is 0 Å². The molecule has 45 heteroatoms. The van der Waals surface area contributed by atoms with Crippen molar-refractivity contribution in [2.75, 3.05) is 33.0 Å². The summed E-state index contributed by atoms with van der Waals surface area (Å²) in [5.74, 6) is -5.02. The van der Waals surface area contributed by atoms with Gasteiger partial charge in [-0.15, -0.1) is 0 Å². The Morgan fingerprint density at radius 1 is 0.500 bits per heavy atom. The second-order valence-corrected chi connectivity index (χ2v) is 43.3. The lowest BCUT2D eigenvalue weighted by molar-refractivity contribution is -0.384. The maximum absolute atomic E-state index is 16.8. The number of esters is 1. The lowest BCUT2D eigenvalue weighted by Gasteiger charge is -2.71. The minimum atomic E-state index is -2.23. The molecule has 13 aliphatic rings. The average Bonchev–Trinajstić information content (AvgIpc) is 0.703. The average molecular weight is 2020 g/mol. The van der Waals surface area contributed by atoms with Gasteiger partial charge < -0.3 is 198 Å². The maximum Gasteiger partial charge on any atom is 0.373 e. The standard InChI is InChI=1S/C94H155NO42.CO2/c1-14-38(4)42(25-43(99)27-45(101)28-52(39(5)15-2)128-84-71(117)64(110)51(16-3)127-84)26-44(100)29-59(106)95-60-53(32-96)129-87(79(77(60)134-82-72(118)66(112)61(107)40(6)125-82)136-83-74(120)68(114)75(41(7)126-83)132-80-69(115)62(108)48(102)34-122-80)137-88(121)94-24-23-89(8,9)30-47(94)46-17-18-56-90(10)21-20-58(91(11,37-98)55(90)19-22-92(56,12)93(46,13)31-57(94)105)131-86-78(135-85-73(119)67(113)65(111)54(33-97)130-85)76(50(104)36-124-86)133-81-70(116)63(109)49(103)35-123-81;2-1-3/h17,37-42,44-45,47-58,60-87,96-97,100-105,107-120H,14-16,18-36H2,1-13H3,(H,95,106);/t38-,39-,40?,41?,42+,44+,45-,47?,48-,49-,50-,51+,52+,53?,54?,55-,56?,57?,58+,60+,61+,62?,63+,64-,65+,66+,67+,68?,69-,70?,71?,72?,73?,74+,75+,76+,77?,78?,79-,80+,81+,82+,83+,84+,85+,86+,87+,90?,91-,92+,93-,94-;/m1./s1. The molecule has 5 aliphatic carbocycles. The molecule has 16 unspecified atom stereocenters. The number of Topliss-reactive ketones (excluding diaryl/α,β-unsaturated/α-hetero) is 1. The summed E-state index contributed by atoms with van der Waals surface area (Å²) < 4.78 is 99.8. The molecular formula is C95H155NO44. The fourth-order valence-corrected chi connectivity index (χ4v) is 24.9. The highest BCUT2D eigenvalue weighted by molar-refractivity contribution is 5.80. The van der Waals surface area contributed by atoms with Crippen LogP contribution in [-0.4, -0.2) is 427 Å². The summed E-state index contributed by atoms with van der Waals surface area (Å²) in [5, 5.41) is 251. The molecule has 0 aromatic carbocycles. The number of aldehydes is 1. The van der Waals surface area contributed by atoms with E-state index >= 15 is 9.59 Å². The number of aliphatic hydroxyl groups excluding tert-OH is 22. The number of carbonyl (C=O) groups excluding carboxylic acids is 6. The van der Waals surface area contributed by atoms with Crippen molar-refractivity contribution in [1.29, 1.82) is 0 Å². The van der Waals surface area contributed by atoms with E-state index in [1.54, 1.807) is 13.8 Å². The summed E-state index contributed by atoms with van der Waals surface area (Å²) in [6.45, 7) is 20.8. The molecular weight excluding hydrogens is 1860 g/mol. The lowest BCUT2D eigenvalue weighted by Crippen LogP contribution is -2.71. The van der Waals surface area contributed by atoms with Crippen LogP contribution < -0.4 is 5.32 Å². The number of ketones is 1. The van der Waals surface area contributed by atoms with Crippen molar-refractivity contribution in [3.63, 3.8) is 0 Å². The number of rotatable bonds is 35. The number of hydrogen-bond acceptors (Lipinski definition) is 44.